The van der Waals surface area contributed by atoms with E-state index in [1.807, 2.05) is 39.0 Å². The molecule has 0 aliphatic carbocycles. The molecule has 0 radical (unpaired) electrons. The van der Waals surface area contributed by atoms with Crippen molar-refractivity contribution in [1.82, 2.24) is 15.5 Å². The zero-order valence-electron chi connectivity index (χ0n) is 19.4. The first-order valence-electron chi connectivity index (χ1n) is 11.0. The Morgan fingerprint density at radius 2 is 1.97 bits per heavy atom. The van der Waals surface area contributed by atoms with Crippen LogP contribution < -0.4 is 10.6 Å². The quantitative estimate of drug-likeness (QED) is 0.212. The number of nitrogens with zero attached hydrogens (tertiary/aromatic N) is 2. The Morgan fingerprint density at radius 1 is 1.23 bits per heavy atom. The van der Waals surface area contributed by atoms with Gasteiger partial charge in [-0.25, -0.2) is 4.79 Å². The zero-order chi connectivity index (χ0) is 21.8. The van der Waals surface area contributed by atoms with E-state index in [2.05, 4.69) is 34.6 Å². The first-order chi connectivity index (χ1) is 14.4. The lowest BCUT2D eigenvalue weighted by molar-refractivity contribution is 0.0527. The summed E-state index contributed by atoms with van der Waals surface area (Å²) in [6.45, 7) is 13.1. The fraction of sp³-hybridized carbons (Fsp3) is 0.652. The van der Waals surface area contributed by atoms with Gasteiger partial charge in [-0.1, -0.05) is 30.3 Å². The largest absolute Gasteiger partial charge is 0.444 e. The van der Waals surface area contributed by atoms with Crippen LogP contribution in [0, 0.1) is 5.92 Å². The number of halogens is 1. The van der Waals surface area contributed by atoms with Crippen LogP contribution in [0.25, 0.3) is 0 Å². The Kier molecular flexibility index (Phi) is 12.9. The van der Waals surface area contributed by atoms with Crippen molar-refractivity contribution >= 4 is 36.0 Å². The molecule has 0 aromatic heterocycles. The number of likely N-dealkylation sites (tertiary alicyclic amines) is 1. The molecule has 176 valence electrons. The van der Waals surface area contributed by atoms with Crippen LogP contribution >= 0.6 is 24.0 Å². The van der Waals surface area contributed by atoms with E-state index in [9.17, 15) is 4.79 Å². The molecular formula is C23H39IN4O3. The number of nitrogens with one attached hydrogen (secondary N) is 2. The fourth-order valence-corrected chi connectivity index (χ4v) is 3.27. The summed E-state index contributed by atoms with van der Waals surface area (Å²) in [7, 11) is 0. The number of guanidine groups is 1. The zero-order valence-corrected chi connectivity index (χ0v) is 21.7. The maximum absolute atomic E-state index is 11.7. The van der Waals surface area contributed by atoms with Crippen molar-refractivity contribution in [2.45, 2.75) is 52.7 Å². The van der Waals surface area contributed by atoms with Gasteiger partial charge in [0.2, 0.25) is 0 Å². The Morgan fingerprint density at radius 3 is 2.65 bits per heavy atom. The van der Waals surface area contributed by atoms with Crippen LogP contribution in [0.1, 0.15) is 46.1 Å². The van der Waals surface area contributed by atoms with E-state index >= 15 is 0 Å². The minimum absolute atomic E-state index is 0. The molecular weight excluding hydrogens is 507 g/mol. The molecule has 0 spiro atoms. The van der Waals surface area contributed by atoms with Gasteiger partial charge in [0.25, 0.3) is 0 Å². The Bertz CT molecular complexity index is 665. The van der Waals surface area contributed by atoms with Crippen LogP contribution in [0.5, 0.6) is 0 Å². The van der Waals surface area contributed by atoms with Gasteiger partial charge in [-0.05, 0) is 46.1 Å². The maximum Gasteiger partial charge on any atom is 0.407 e. The normalized spacial score (nSPS) is 16.6. The summed E-state index contributed by atoms with van der Waals surface area (Å²) < 4.78 is 11.2. The van der Waals surface area contributed by atoms with E-state index in [4.69, 9.17) is 14.5 Å². The van der Waals surface area contributed by atoms with Gasteiger partial charge in [0, 0.05) is 38.6 Å². The average Bonchev–Trinajstić information content (AvgIpc) is 3.15. The topological polar surface area (TPSA) is 75.2 Å². The van der Waals surface area contributed by atoms with Crippen molar-refractivity contribution in [2.75, 3.05) is 39.3 Å². The number of aliphatic imine (C=N–C) groups is 1. The second-order valence-corrected chi connectivity index (χ2v) is 8.62. The van der Waals surface area contributed by atoms with E-state index < -0.39 is 5.60 Å². The SMILES string of the molecule is CCNC(=NCCCNC(=O)OC(C)(C)C)N1CCC(COCc2ccccc2)C1.I. The third-order valence-electron chi connectivity index (χ3n) is 4.65. The minimum atomic E-state index is -0.475. The monoisotopic (exact) mass is 546 g/mol. The first-order valence-corrected chi connectivity index (χ1v) is 11.0. The Balaban J connectivity index is 0.00000480. The molecule has 1 amide bonds. The first kappa shape index (κ1) is 27.5. The van der Waals surface area contributed by atoms with Gasteiger partial charge in [-0.15, -0.1) is 24.0 Å². The molecule has 2 rings (SSSR count). The van der Waals surface area contributed by atoms with Crippen molar-refractivity contribution in [3.05, 3.63) is 35.9 Å². The predicted molar refractivity (Wildman–Crippen MR) is 136 cm³/mol. The fourth-order valence-electron chi connectivity index (χ4n) is 3.27. The highest BCUT2D eigenvalue weighted by Crippen LogP contribution is 2.17. The second-order valence-electron chi connectivity index (χ2n) is 8.62. The molecule has 1 atom stereocenters. The van der Waals surface area contributed by atoms with Gasteiger partial charge in [0.05, 0.1) is 13.2 Å². The number of hydrogen-bond donors (Lipinski definition) is 2. The molecule has 8 heteroatoms. The summed E-state index contributed by atoms with van der Waals surface area (Å²) in [5.41, 5.74) is 0.736. The van der Waals surface area contributed by atoms with E-state index in [1.54, 1.807) is 0 Å². The lowest BCUT2D eigenvalue weighted by Gasteiger charge is -2.22. The summed E-state index contributed by atoms with van der Waals surface area (Å²) in [5.74, 6) is 1.46. The van der Waals surface area contributed by atoms with Crippen LogP contribution in [0.2, 0.25) is 0 Å². The van der Waals surface area contributed by atoms with Crippen molar-refractivity contribution in [3.8, 4) is 0 Å². The highest BCUT2D eigenvalue weighted by molar-refractivity contribution is 14.0. The van der Waals surface area contributed by atoms with Crippen LogP contribution in [0.4, 0.5) is 4.79 Å². The average molecular weight is 546 g/mol. The van der Waals surface area contributed by atoms with Gasteiger partial charge in [-0.2, -0.15) is 0 Å². The van der Waals surface area contributed by atoms with Crippen molar-refractivity contribution in [1.29, 1.82) is 0 Å². The molecule has 1 saturated heterocycles. The highest BCUT2D eigenvalue weighted by Gasteiger charge is 2.25. The molecule has 1 fully saturated rings. The summed E-state index contributed by atoms with van der Waals surface area (Å²) in [5, 5.41) is 6.16. The number of rotatable bonds is 9. The number of benzene rings is 1. The molecule has 31 heavy (non-hydrogen) atoms. The van der Waals surface area contributed by atoms with Gasteiger partial charge in [-0.3, -0.25) is 4.99 Å². The van der Waals surface area contributed by atoms with Crippen LogP contribution in [-0.4, -0.2) is 61.9 Å². The minimum Gasteiger partial charge on any atom is -0.444 e. The summed E-state index contributed by atoms with van der Waals surface area (Å²) >= 11 is 0. The summed E-state index contributed by atoms with van der Waals surface area (Å²) in [6.07, 6.45) is 1.50. The lowest BCUT2D eigenvalue weighted by atomic mass is 10.1. The molecule has 1 aromatic carbocycles. The van der Waals surface area contributed by atoms with Crippen LogP contribution in [-0.2, 0) is 16.1 Å². The molecule has 1 aliphatic rings. The predicted octanol–water partition coefficient (Wildman–Crippen LogP) is 4.02. The van der Waals surface area contributed by atoms with E-state index in [0.29, 0.717) is 25.6 Å². The number of carbonyl (C=O) groups excluding carboxylic acids is 1. The summed E-state index contributed by atoms with van der Waals surface area (Å²) in [6, 6.07) is 10.3. The smallest absolute Gasteiger partial charge is 0.407 e. The van der Waals surface area contributed by atoms with E-state index in [1.165, 1.54) is 5.56 Å². The van der Waals surface area contributed by atoms with Crippen molar-refractivity contribution in [2.24, 2.45) is 10.9 Å². The van der Waals surface area contributed by atoms with E-state index in [-0.39, 0.29) is 30.1 Å². The molecule has 2 N–H and O–H groups in total. The molecule has 0 bridgehead atoms. The number of amides is 1. The van der Waals surface area contributed by atoms with Gasteiger partial charge in [0.1, 0.15) is 5.60 Å². The Hall–Kier alpha value is -1.55. The standard InChI is InChI=1S/C23H38N4O3.HI/c1-5-24-21(25-13-9-14-26-22(28)30-23(2,3)4)27-15-12-20(16-27)18-29-17-19-10-7-6-8-11-19;/h6-8,10-11,20H,5,9,12-18H2,1-4H3,(H,24,25)(H,26,28);1H. The number of hydrogen-bond acceptors (Lipinski definition) is 4. The van der Waals surface area contributed by atoms with Gasteiger partial charge >= 0.3 is 6.09 Å². The third-order valence-corrected chi connectivity index (χ3v) is 4.65. The van der Waals surface area contributed by atoms with Crippen molar-refractivity contribution in [3.63, 3.8) is 0 Å². The molecule has 1 heterocycles. The summed E-state index contributed by atoms with van der Waals surface area (Å²) in [4.78, 5) is 18.7. The lowest BCUT2D eigenvalue weighted by Crippen LogP contribution is -2.40. The third kappa shape index (κ3) is 11.6. The van der Waals surface area contributed by atoms with Crippen molar-refractivity contribution < 1.29 is 14.3 Å². The highest BCUT2D eigenvalue weighted by atomic mass is 127. The number of carbonyl (C=O) groups is 1. The molecule has 7 nitrogen and oxygen atoms in total. The molecule has 0 saturated carbocycles. The van der Waals surface area contributed by atoms with Gasteiger partial charge in [0.15, 0.2) is 5.96 Å². The molecule has 1 unspecified atom stereocenters. The van der Waals surface area contributed by atoms with Crippen LogP contribution in [0.3, 0.4) is 0 Å². The Labute approximate surface area is 204 Å². The number of alkyl carbamates (subject to hydrolysis) is 1. The van der Waals surface area contributed by atoms with Gasteiger partial charge < -0.3 is 25.0 Å². The van der Waals surface area contributed by atoms with Crippen LogP contribution in [0.15, 0.2) is 35.3 Å². The molecule has 1 aromatic rings. The second kappa shape index (κ2) is 14.5. The molecule has 1 aliphatic heterocycles. The number of ether oxygens (including phenoxy) is 2. The van der Waals surface area contributed by atoms with E-state index in [0.717, 1.165) is 45.0 Å². The maximum atomic E-state index is 11.7.